The summed E-state index contributed by atoms with van der Waals surface area (Å²) in [7, 11) is 1.65. The fourth-order valence-corrected chi connectivity index (χ4v) is 4.31. The summed E-state index contributed by atoms with van der Waals surface area (Å²) in [5, 5.41) is 3.38. The van der Waals surface area contributed by atoms with Crippen LogP contribution in [0.15, 0.2) is 79.4 Å². The smallest absolute Gasteiger partial charge is 0.253 e. The average molecular weight is 504 g/mol. The van der Waals surface area contributed by atoms with E-state index in [-0.39, 0.29) is 5.91 Å². The molecule has 1 aromatic heterocycles. The van der Waals surface area contributed by atoms with Gasteiger partial charge in [0.15, 0.2) is 11.5 Å². The molecule has 186 valence electrons. The lowest BCUT2D eigenvalue weighted by atomic mass is 10.1. The van der Waals surface area contributed by atoms with Gasteiger partial charge in [0.25, 0.3) is 5.91 Å². The molecule has 4 rings (SSSR count). The molecule has 0 aliphatic carbocycles. The van der Waals surface area contributed by atoms with Crippen molar-refractivity contribution in [2.75, 3.05) is 13.7 Å². The summed E-state index contributed by atoms with van der Waals surface area (Å²) in [6, 6.07) is 21.0. The molecule has 6 nitrogen and oxygen atoms in total. The van der Waals surface area contributed by atoms with Crippen LogP contribution in [0.3, 0.4) is 0 Å². The van der Waals surface area contributed by atoms with Crippen LogP contribution in [0.4, 0.5) is 0 Å². The van der Waals surface area contributed by atoms with Crippen LogP contribution in [0.25, 0.3) is 11.0 Å². The van der Waals surface area contributed by atoms with E-state index < -0.39 is 0 Å². The molecule has 0 unspecified atom stereocenters. The van der Waals surface area contributed by atoms with Crippen LogP contribution in [0, 0.1) is 0 Å². The van der Waals surface area contributed by atoms with Gasteiger partial charge in [0.05, 0.1) is 41.9 Å². The summed E-state index contributed by atoms with van der Waals surface area (Å²) >= 11 is 6.17. The number of nitrogens with zero attached hydrogens (tertiary/aromatic N) is 2. The molecule has 0 fully saturated rings. The first-order valence-corrected chi connectivity index (χ1v) is 12.4. The van der Waals surface area contributed by atoms with Crippen molar-refractivity contribution in [3.63, 3.8) is 0 Å². The van der Waals surface area contributed by atoms with Gasteiger partial charge in [-0.25, -0.2) is 4.98 Å². The minimum atomic E-state index is -0.222. The number of unbranched alkanes of at least 4 members (excludes halogenated alkanes) is 1. The molecular weight excluding hydrogens is 474 g/mol. The van der Waals surface area contributed by atoms with E-state index in [9.17, 15) is 4.79 Å². The van der Waals surface area contributed by atoms with Gasteiger partial charge in [0, 0.05) is 6.54 Å². The molecular formula is C29H30ClN3O3. The number of hydrogen-bond acceptors (Lipinski definition) is 4. The Morgan fingerprint density at radius 1 is 1.08 bits per heavy atom. The van der Waals surface area contributed by atoms with E-state index in [1.54, 1.807) is 31.4 Å². The normalized spacial score (nSPS) is 10.8. The van der Waals surface area contributed by atoms with Crippen LogP contribution in [-0.2, 0) is 19.5 Å². The Morgan fingerprint density at radius 3 is 2.69 bits per heavy atom. The Hall–Kier alpha value is -3.77. The van der Waals surface area contributed by atoms with Crippen molar-refractivity contribution in [2.45, 2.75) is 32.4 Å². The number of nitrogens with one attached hydrogen (secondary N) is 1. The largest absolute Gasteiger partial charge is 0.493 e. The summed E-state index contributed by atoms with van der Waals surface area (Å²) in [5.74, 6) is 2.05. The van der Waals surface area contributed by atoms with Gasteiger partial charge in [-0.3, -0.25) is 4.79 Å². The summed E-state index contributed by atoms with van der Waals surface area (Å²) in [6.07, 6.45) is 4.40. The van der Waals surface area contributed by atoms with Crippen molar-refractivity contribution in [3.8, 4) is 11.5 Å². The van der Waals surface area contributed by atoms with E-state index in [1.165, 1.54) is 0 Å². The average Bonchev–Trinajstić information content (AvgIpc) is 3.25. The molecule has 0 aliphatic rings. The van der Waals surface area contributed by atoms with E-state index in [4.69, 9.17) is 26.1 Å². The lowest BCUT2D eigenvalue weighted by Gasteiger charge is -2.13. The van der Waals surface area contributed by atoms with Gasteiger partial charge in [-0.15, -0.1) is 6.58 Å². The number of halogens is 1. The number of allylic oxidation sites excluding steroid dienone is 1. The molecule has 0 saturated heterocycles. The minimum absolute atomic E-state index is 0.222. The standard InChI is InChI=1S/C29H30ClN3O3/c1-3-10-21-15-16-26(27(19-21)35-2)36-18-9-8-17-33-25-14-7-6-13-24(25)32-28(33)20-31-29(34)22-11-4-5-12-23(22)30/h3-7,11-16,19H,1,8-10,17-18,20H2,2H3,(H,31,34). The molecule has 0 bridgehead atoms. The zero-order chi connectivity index (χ0) is 25.3. The summed E-state index contributed by atoms with van der Waals surface area (Å²) in [5.41, 5.74) is 3.53. The molecule has 0 atom stereocenters. The van der Waals surface area contributed by atoms with E-state index in [0.29, 0.717) is 23.7 Å². The number of amides is 1. The topological polar surface area (TPSA) is 65.4 Å². The van der Waals surface area contributed by atoms with Gasteiger partial charge in [0.1, 0.15) is 5.82 Å². The van der Waals surface area contributed by atoms with Crippen LogP contribution in [0.2, 0.25) is 5.02 Å². The third kappa shape index (κ3) is 6.07. The molecule has 7 heteroatoms. The van der Waals surface area contributed by atoms with Gasteiger partial charge in [0.2, 0.25) is 0 Å². The molecule has 0 saturated carbocycles. The fraction of sp³-hybridized carbons (Fsp3) is 0.241. The Bertz CT molecular complexity index is 1350. The highest BCUT2D eigenvalue weighted by Crippen LogP contribution is 2.28. The summed E-state index contributed by atoms with van der Waals surface area (Å²) in [6.45, 7) is 5.42. The quantitative estimate of drug-likeness (QED) is 0.184. The molecule has 3 aromatic carbocycles. The Kier molecular flexibility index (Phi) is 8.63. The predicted molar refractivity (Wildman–Crippen MR) is 144 cm³/mol. The zero-order valence-corrected chi connectivity index (χ0v) is 21.1. The van der Waals surface area contributed by atoms with E-state index in [0.717, 1.165) is 59.7 Å². The highest BCUT2D eigenvalue weighted by molar-refractivity contribution is 6.33. The van der Waals surface area contributed by atoms with Gasteiger partial charge in [-0.2, -0.15) is 0 Å². The van der Waals surface area contributed by atoms with Crippen molar-refractivity contribution in [3.05, 3.63) is 101 Å². The number of benzene rings is 3. The monoisotopic (exact) mass is 503 g/mol. The number of imidazole rings is 1. The minimum Gasteiger partial charge on any atom is -0.493 e. The second kappa shape index (κ2) is 12.3. The highest BCUT2D eigenvalue weighted by Gasteiger charge is 2.14. The van der Waals surface area contributed by atoms with E-state index >= 15 is 0 Å². The van der Waals surface area contributed by atoms with Crippen LogP contribution in [0.1, 0.15) is 34.6 Å². The van der Waals surface area contributed by atoms with Crippen molar-refractivity contribution in [2.24, 2.45) is 0 Å². The van der Waals surface area contributed by atoms with Crippen molar-refractivity contribution in [1.29, 1.82) is 0 Å². The molecule has 1 amide bonds. The third-order valence-corrected chi connectivity index (χ3v) is 6.23. The maximum absolute atomic E-state index is 12.6. The first-order chi connectivity index (χ1) is 17.6. The number of ether oxygens (including phenoxy) is 2. The Balaban J connectivity index is 1.37. The SMILES string of the molecule is C=CCc1ccc(OCCCCn2c(CNC(=O)c3ccccc3Cl)nc3ccccc32)c(OC)c1. The summed E-state index contributed by atoms with van der Waals surface area (Å²) in [4.78, 5) is 17.4. The van der Waals surface area contributed by atoms with Crippen LogP contribution >= 0.6 is 11.6 Å². The first kappa shape index (κ1) is 25.3. The van der Waals surface area contributed by atoms with E-state index in [1.807, 2.05) is 48.5 Å². The Labute approximate surface area is 216 Å². The van der Waals surface area contributed by atoms with Crippen LogP contribution < -0.4 is 14.8 Å². The molecule has 1 N–H and O–H groups in total. The number of hydrogen-bond donors (Lipinski definition) is 1. The fourth-order valence-electron chi connectivity index (χ4n) is 4.09. The van der Waals surface area contributed by atoms with Gasteiger partial charge in [-0.1, -0.05) is 48.0 Å². The summed E-state index contributed by atoms with van der Waals surface area (Å²) < 4.78 is 13.6. The van der Waals surface area contributed by atoms with E-state index in [2.05, 4.69) is 16.5 Å². The second-order valence-corrected chi connectivity index (χ2v) is 8.77. The van der Waals surface area contributed by atoms with Crippen molar-refractivity contribution in [1.82, 2.24) is 14.9 Å². The number of rotatable bonds is 12. The maximum atomic E-state index is 12.6. The van der Waals surface area contributed by atoms with Crippen LogP contribution in [-0.4, -0.2) is 29.2 Å². The number of carbonyl (C=O) groups excluding carboxylic acids is 1. The second-order valence-electron chi connectivity index (χ2n) is 8.36. The first-order valence-electron chi connectivity index (χ1n) is 12.0. The lowest BCUT2D eigenvalue weighted by molar-refractivity contribution is 0.0949. The highest BCUT2D eigenvalue weighted by atomic mass is 35.5. The van der Waals surface area contributed by atoms with Gasteiger partial charge < -0.3 is 19.4 Å². The molecule has 1 heterocycles. The number of aryl methyl sites for hydroxylation is 1. The van der Waals surface area contributed by atoms with Crippen molar-refractivity contribution < 1.29 is 14.3 Å². The van der Waals surface area contributed by atoms with Gasteiger partial charge in [-0.05, 0) is 61.2 Å². The maximum Gasteiger partial charge on any atom is 0.253 e. The van der Waals surface area contributed by atoms with Gasteiger partial charge >= 0.3 is 0 Å². The zero-order valence-electron chi connectivity index (χ0n) is 20.4. The van der Waals surface area contributed by atoms with Crippen LogP contribution in [0.5, 0.6) is 11.5 Å². The number of aromatic nitrogens is 2. The molecule has 0 spiro atoms. The van der Waals surface area contributed by atoms with Crippen molar-refractivity contribution >= 4 is 28.5 Å². The number of carbonyl (C=O) groups is 1. The molecule has 4 aromatic rings. The predicted octanol–water partition coefficient (Wildman–Crippen LogP) is 6.22. The Morgan fingerprint density at radius 2 is 1.89 bits per heavy atom. The molecule has 36 heavy (non-hydrogen) atoms. The molecule has 0 aliphatic heterocycles. The number of para-hydroxylation sites is 2. The lowest BCUT2D eigenvalue weighted by Crippen LogP contribution is -2.25. The third-order valence-electron chi connectivity index (χ3n) is 5.90. The number of fused-ring (bicyclic) bond motifs is 1. The number of methoxy groups -OCH3 is 1. The molecule has 0 radical (unpaired) electrons.